The highest BCUT2D eigenvalue weighted by Gasteiger charge is 2.44. The van der Waals surface area contributed by atoms with Crippen molar-refractivity contribution in [1.29, 1.82) is 0 Å². The highest BCUT2D eigenvalue weighted by Crippen LogP contribution is 2.48. The van der Waals surface area contributed by atoms with Gasteiger partial charge in [0.1, 0.15) is 17.4 Å². The largest absolute Gasteiger partial charge is 0.492 e. The fourth-order valence-corrected chi connectivity index (χ4v) is 5.03. The molecule has 3 aliphatic rings. The molecule has 0 bridgehead atoms. The zero-order chi connectivity index (χ0) is 22.9. The molecule has 2 saturated carbocycles. The minimum Gasteiger partial charge on any atom is -0.492 e. The van der Waals surface area contributed by atoms with Crippen LogP contribution in [-0.4, -0.2) is 47.6 Å². The summed E-state index contributed by atoms with van der Waals surface area (Å²) < 4.78 is 36.6. The van der Waals surface area contributed by atoms with Gasteiger partial charge < -0.3 is 30.8 Å². The van der Waals surface area contributed by atoms with E-state index in [2.05, 4.69) is 0 Å². The second kappa shape index (κ2) is 7.06. The summed E-state index contributed by atoms with van der Waals surface area (Å²) in [5.41, 5.74) is 10.5. The molecule has 0 spiro atoms. The standard InChI is InChI=1S/C22H26F2N4O4/c1-32-20-17-14(19(29)11(21(30)31)9-28(17)13-6-12(13)23)16(25)15(24)18(20)27-5-2-10(8-27)7-22(26)3-4-22/h9-10,12-13H,2-8,25-26H2,1H3,(H,30,31)/t10-,12-,13-/m1/s1. The van der Waals surface area contributed by atoms with E-state index in [0.717, 1.165) is 31.9 Å². The number of benzene rings is 1. The third-order valence-electron chi connectivity index (χ3n) is 7.04. The summed E-state index contributed by atoms with van der Waals surface area (Å²) in [4.78, 5) is 26.4. The van der Waals surface area contributed by atoms with Crippen molar-refractivity contribution in [2.24, 2.45) is 11.7 Å². The number of carbonyl (C=O) groups is 1. The van der Waals surface area contributed by atoms with E-state index in [1.807, 2.05) is 4.90 Å². The van der Waals surface area contributed by atoms with Crippen LogP contribution in [0.25, 0.3) is 10.9 Å². The molecule has 10 heteroatoms. The van der Waals surface area contributed by atoms with Gasteiger partial charge in [0.15, 0.2) is 11.6 Å². The minimum atomic E-state index is -1.48. The Bertz CT molecular complexity index is 1190. The molecule has 2 aromatic rings. The molecule has 0 amide bonds. The molecule has 2 aliphatic carbocycles. The fourth-order valence-electron chi connectivity index (χ4n) is 5.03. The number of pyridine rings is 1. The van der Waals surface area contributed by atoms with Gasteiger partial charge in [-0.2, -0.15) is 0 Å². The molecule has 2 heterocycles. The third kappa shape index (κ3) is 3.19. The summed E-state index contributed by atoms with van der Waals surface area (Å²) in [5, 5.41) is 9.17. The Morgan fingerprint density at radius 2 is 2.09 bits per heavy atom. The molecule has 1 aromatic heterocycles. The molecule has 3 fully saturated rings. The van der Waals surface area contributed by atoms with E-state index in [4.69, 9.17) is 16.2 Å². The zero-order valence-electron chi connectivity index (χ0n) is 17.7. The number of nitrogen functional groups attached to an aromatic ring is 1. The molecule has 32 heavy (non-hydrogen) atoms. The van der Waals surface area contributed by atoms with Crippen molar-refractivity contribution in [3.8, 4) is 5.75 Å². The Kier molecular flexibility index (Phi) is 4.63. The van der Waals surface area contributed by atoms with Crippen LogP contribution in [-0.2, 0) is 0 Å². The number of carboxylic acids is 1. The third-order valence-corrected chi connectivity index (χ3v) is 7.04. The molecule has 0 unspecified atom stereocenters. The Balaban J connectivity index is 1.70. The first-order valence-electron chi connectivity index (χ1n) is 10.8. The number of nitrogens with zero attached hydrogens (tertiary/aromatic N) is 2. The topological polar surface area (TPSA) is 124 Å². The van der Waals surface area contributed by atoms with Gasteiger partial charge in [-0.1, -0.05) is 0 Å². The smallest absolute Gasteiger partial charge is 0.341 e. The highest BCUT2D eigenvalue weighted by molar-refractivity contribution is 6.03. The average molecular weight is 448 g/mol. The molecule has 1 aromatic carbocycles. The number of hydrogen-bond donors (Lipinski definition) is 3. The minimum absolute atomic E-state index is 0.0642. The van der Waals surface area contributed by atoms with Crippen molar-refractivity contribution in [3.63, 3.8) is 0 Å². The molecular weight excluding hydrogens is 422 g/mol. The first kappa shape index (κ1) is 21.0. The van der Waals surface area contributed by atoms with Crippen LogP contribution in [0.5, 0.6) is 5.75 Å². The predicted octanol–water partition coefficient (Wildman–Crippen LogP) is 2.42. The van der Waals surface area contributed by atoms with Gasteiger partial charge in [0, 0.05) is 31.2 Å². The summed E-state index contributed by atoms with van der Waals surface area (Å²) >= 11 is 0. The summed E-state index contributed by atoms with van der Waals surface area (Å²) in [5.74, 6) is -1.96. The lowest BCUT2D eigenvalue weighted by Gasteiger charge is -2.26. The molecule has 1 aliphatic heterocycles. The van der Waals surface area contributed by atoms with Gasteiger partial charge in [0.2, 0.25) is 5.43 Å². The van der Waals surface area contributed by atoms with Crippen LogP contribution >= 0.6 is 0 Å². The van der Waals surface area contributed by atoms with E-state index in [0.29, 0.717) is 19.0 Å². The first-order chi connectivity index (χ1) is 15.1. The lowest BCUT2D eigenvalue weighted by atomic mass is 9.98. The van der Waals surface area contributed by atoms with Gasteiger partial charge in [0.25, 0.3) is 0 Å². The second-order valence-corrected chi connectivity index (χ2v) is 9.40. The van der Waals surface area contributed by atoms with Crippen LogP contribution in [0.15, 0.2) is 11.0 Å². The average Bonchev–Trinajstić information content (AvgIpc) is 3.60. The number of nitrogens with two attached hydrogens (primary N) is 2. The Labute approximate surface area is 182 Å². The van der Waals surface area contributed by atoms with E-state index in [1.165, 1.54) is 11.7 Å². The van der Waals surface area contributed by atoms with Crippen LogP contribution in [0, 0.1) is 11.7 Å². The van der Waals surface area contributed by atoms with Gasteiger partial charge >= 0.3 is 5.97 Å². The lowest BCUT2D eigenvalue weighted by molar-refractivity contribution is 0.0694. The zero-order valence-corrected chi connectivity index (χ0v) is 17.7. The highest BCUT2D eigenvalue weighted by atomic mass is 19.1. The molecule has 8 nitrogen and oxygen atoms in total. The molecule has 5 N–H and O–H groups in total. The van der Waals surface area contributed by atoms with Gasteiger partial charge in [-0.3, -0.25) is 4.79 Å². The van der Waals surface area contributed by atoms with Gasteiger partial charge in [-0.25, -0.2) is 13.6 Å². The Hall–Kier alpha value is -2.88. The van der Waals surface area contributed by atoms with Crippen LogP contribution in [0.3, 0.4) is 0 Å². The molecule has 1 saturated heterocycles. The number of ether oxygens (including phenoxy) is 1. The van der Waals surface area contributed by atoms with Gasteiger partial charge in [0.05, 0.1) is 29.7 Å². The first-order valence-corrected chi connectivity index (χ1v) is 10.8. The number of alkyl halides is 1. The molecular formula is C22H26F2N4O4. The Morgan fingerprint density at radius 3 is 2.66 bits per heavy atom. The molecule has 3 atom stereocenters. The summed E-state index contributed by atoms with van der Waals surface area (Å²) in [7, 11) is 1.35. The van der Waals surface area contributed by atoms with Crippen molar-refractivity contribution in [1.82, 2.24) is 4.57 Å². The maximum absolute atomic E-state index is 15.6. The second-order valence-electron chi connectivity index (χ2n) is 9.40. The predicted molar refractivity (Wildman–Crippen MR) is 116 cm³/mol. The van der Waals surface area contributed by atoms with E-state index in [1.54, 1.807) is 0 Å². The number of aromatic nitrogens is 1. The number of anilines is 2. The van der Waals surface area contributed by atoms with Crippen LogP contribution < -0.4 is 26.5 Å². The monoisotopic (exact) mass is 448 g/mol. The van der Waals surface area contributed by atoms with Crippen LogP contribution in [0.2, 0.25) is 0 Å². The Morgan fingerprint density at radius 1 is 1.41 bits per heavy atom. The molecule has 172 valence electrons. The van der Waals surface area contributed by atoms with E-state index in [-0.39, 0.29) is 34.3 Å². The number of aromatic carboxylic acids is 1. The van der Waals surface area contributed by atoms with Crippen molar-refractivity contribution < 1.29 is 23.4 Å². The van der Waals surface area contributed by atoms with E-state index < -0.39 is 40.7 Å². The quantitative estimate of drug-likeness (QED) is 0.580. The number of rotatable bonds is 6. The van der Waals surface area contributed by atoms with Gasteiger partial charge in [-0.15, -0.1) is 0 Å². The van der Waals surface area contributed by atoms with Crippen molar-refractivity contribution in [2.45, 2.75) is 49.9 Å². The SMILES string of the molecule is COc1c(N2CC[C@H](CC3(N)CC3)C2)c(F)c(N)c2c(=O)c(C(=O)O)cn([C@@H]3C[C@H]3F)c12. The number of carboxylic acid groups (broad SMARTS) is 1. The number of methoxy groups -OCH3 is 1. The number of fused-ring (bicyclic) bond motifs is 1. The maximum Gasteiger partial charge on any atom is 0.341 e. The number of hydrogen-bond acceptors (Lipinski definition) is 6. The summed E-state index contributed by atoms with van der Waals surface area (Å²) in [6.07, 6.45) is 3.75. The van der Waals surface area contributed by atoms with Crippen LogP contribution in [0.4, 0.5) is 20.2 Å². The lowest BCUT2D eigenvalue weighted by Crippen LogP contribution is -2.28. The van der Waals surface area contributed by atoms with Crippen molar-refractivity contribution >= 4 is 28.2 Å². The molecule has 5 rings (SSSR count). The van der Waals surface area contributed by atoms with Crippen molar-refractivity contribution in [3.05, 3.63) is 27.8 Å². The summed E-state index contributed by atoms with van der Waals surface area (Å²) in [6, 6.07) is -0.666. The maximum atomic E-state index is 15.6. The number of halogens is 2. The summed E-state index contributed by atoms with van der Waals surface area (Å²) in [6.45, 7) is 1.12. The molecule has 0 radical (unpaired) electrons. The van der Waals surface area contributed by atoms with E-state index >= 15 is 4.39 Å². The van der Waals surface area contributed by atoms with Crippen LogP contribution in [0.1, 0.15) is 48.5 Å². The normalized spacial score (nSPS) is 25.9. The van der Waals surface area contributed by atoms with E-state index in [9.17, 15) is 19.1 Å². The fraction of sp³-hybridized carbons (Fsp3) is 0.545. The van der Waals surface area contributed by atoms with Gasteiger partial charge in [-0.05, 0) is 31.6 Å². The van der Waals surface area contributed by atoms with Crippen molar-refractivity contribution in [2.75, 3.05) is 30.8 Å².